The standard InChI is InChI=1S/C20H19N3O3S2/c1-11(28-20-21-15-7-9-27-18(15)19(26)22(20)3)17(25)14-4-5-16-13(10-14)6-8-23(16)12(2)24/h4-5,7,9-11H,6,8H2,1-3H3/t11-/m0/s1. The van der Waals surface area contributed by atoms with E-state index in [9.17, 15) is 14.4 Å². The minimum absolute atomic E-state index is 0.0116. The average Bonchev–Trinajstić information content (AvgIpc) is 3.31. The van der Waals surface area contributed by atoms with E-state index in [0.717, 1.165) is 17.7 Å². The molecule has 0 radical (unpaired) electrons. The summed E-state index contributed by atoms with van der Waals surface area (Å²) in [5.41, 5.74) is 3.09. The molecule has 6 nitrogen and oxygen atoms in total. The van der Waals surface area contributed by atoms with Crippen LogP contribution in [0.1, 0.15) is 29.8 Å². The van der Waals surface area contributed by atoms with Crippen LogP contribution in [0.2, 0.25) is 0 Å². The van der Waals surface area contributed by atoms with Gasteiger partial charge >= 0.3 is 0 Å². The molecule has 0 saturated heterocycles. The molecule has 1 amide bonds. The van der Waals surface area contributed by atoms with Crippen molar-refractivity contribution >= 4 is 50.7 Å². The number of aromatic nitrogens is 2. The lowest BCUT2D eigenvalue weighted by Gasteiger charge is -2.16. The normalized spacial score (nSPS) is 14.3. The lowest BCUT2D eigenvalue weighted by molar-refractivity contribution is -0.116. The Morgan fingerprint density at radius 2 is 2.07 bits per heavy atom. The van der Waals surface area contributed by atoms with E-state index < -0.39 is 5.25 Å². The first-order valence-electron chi connectivity index (χ1n) is 8.93. The predicted molar refractivity (Wildman–Crippen MR) is 113 cm³/mol. The second-order valence-corrected chi connectivity index (χ2v) is 9.01. The molecule has 1 aliphatic heterocycles. The number of carbonyl (C=O) groups excluding carboxylic acids is 2. The summed E-state index contributed by atoms with van der Waals surface area (Å²) < 4.78 is 2.13. The van der Waals surface area contributed by atoms with Gasteiger partial charge in [-0.1, -0.05) is 11.8 Å². The van der Waals surface area contributed by atoms with Crippen LogP contribution < -0.4 is 10.5 Å². The molecule has 0 fully saturated rings. The molecule has 144 valence electrons. The predicted octanol–water partition coefficient (Wildman–Crippen LogP) is 3.27. The Bertz CT molecular complexity index is 1170. The third-order valence-corrected chi connectivity index (χ3v) is 6.97. The van der Waals surface area contributed by atoms with Crippen molar-refractivity contribution in [3.8, 4) is 0 Å². The number of thiophene rings is 1. The van der Waals surface area contributed by atoms with Gasteiger partial charge in [0.1, 0.15) is 4.70 Å². The van der Waals surface area contributed by atoms with Crippen LogP contribution in [0.15, 0.2) is 39.6 Å². The van der Waals surface area contributed by atoms with Gasteiger partial charge in [0.15, 0.2) is 10.9 Å². The SMILES string of the molecule is CC(=O)N1CCc2cc(C(=O)[C@H](C)Sc3nc4ccsc4c(=O)n3C)ccc21. The Balaban J connectivity index is 1.59. The highest BCUT2D eigenvalue weighted by molar-refractivity contribution is 8.00. The van der Waals surface area contributed by atoms with Gasteiger partial charge in [-0.15, -0.1) is 11.3 Å². The van der Waals surface area contributed by atoms with Gasteiger partial charge in [0.05, 0.1) is 10.8 Å². The summed E-state index contributed by atoms with van der Waals surface area (Å²) in [6.07, 6.45) is 0.752. The quantitative estimate of drug-likeness (QED) is 0.373. The maximum atomic E-state index is 13.0. The van der Waals surface area contributed by atoms with Gasteiger partial charge < -0.3 is 4.90 Å². The molecule has 0 bridgehead atoms. The lowest BCUT2D eigenvalue weighted by Crippen LogP contribution is -2.25. The zero-order valence-electron chi connectivity index (χ0n) is 15.8. The zero-order chi connectivity index (χ0) is 20.0. The Labute approximate surface area is 170 Å². The van der Waals surface area contributed by atoms with Crippen molar-refractivity contribution in [2.45, 2.75) is 30.7 Å². The Morgan fingerprint density at radius 3 is 2.82 bits per heavy atom. The number of Topliss-reactive ketones (excluding diaryl/α,β-unsaturated/α-hetero) is 1. The first kappa shape index (κ1) is 18.9. The van der Waals surface area contributed by atoms with E-state index in [4.69, 9.17) is 0 Å². The number of nitrogens with zero attached hydrogens (tertiary/aromatic N) is 3. The number of hydrogen-bond donors (Lipinski definition) is 0. The number of amides is 1. The summed E-state index contributed by atoms with van der Waals surface area (Å²) in [6, 6.07) is 7.32. The molecular weight excluding hydrogens is 394 g/mol. The Morgan fingerprint density at radius 1 is 1.29 bits per heavy atom. The molecule has 0 unspecified atom stereocenters. The van der Waals surface area contributed by atoms with E-state index >= 15 is 0 Å². The number of rotatable bonds is 4. The van der Waals surface area contributed by atoms with Gasteiger partial charge in [-0.25, -0.2) is 4.98 Å². The monoisotopic (exact) mass is 413 g/mol. The fourth-order valence-corrected chi connectivity index (χ4v) is 5.16. The molecule has 3 aromatic rings. The lowest BCUT2D eigenvalue weighted by atomic mass is 10.0. The third kappa shape index (κ3) is 3.16. The number of carbonyl (C=O) groups is 2. The fourth-order valence-electron chi connectivity index (χ4n) is 3.40. The smallest absolute Gasteiger partial charge is 0.271 e. The van der Waals surface area contributed by atoms with Crippen LogP contribution in [0.3, 0.4) is 0 Å². The van der Waals surface area contributed by atoms with E-state index in [1.165, 1.54) is 27.7 Å². The van der Waals surface area contributed by atoms with Crippen LogP contribution in [0.25, 0.3) is 10.2 Å². The first-order valence-corrected chi connectivity index (χ1v) is 10.7. The van der Waals surface area contributed by atoms with Gasteiger partial charge in [-0.2, -0.15) is 0 Å². The maximum Gasteiger partial charge on any atom is 0.271 e. The molecule has 4 rings (SSSR count). The van der Waals surface area contributed by atoms with E-state index in [-0.39, 0.29) is 17.2 Å². The second-order valence-electron chi connectivity index (χ2n) is 6.78. The fraction of sp³-hybridized carbons (Fsp3) is 0.300. The van der Waals surface area contributed by atoms with Crippen LogP contribution >= 0.6 is 23.1 Å². The molecule has 0 saturated carbocycles. The number of benzene rings is 1. The van der Waals surface area contributed by atoms with Crippen LogP contribution in [-0.2, 0) is 18.3 Å². The van der Waals surface area contributed by atoms with Crippen molar-refractivity contribution in [2.75, 3.05) is 11.4 Å². The zero-order valence-corrected chi connectivity index (χ0v) is 17.4. The van der Waals surface area contributed by atoms with Crippen LogP contribution in [0.5, 0.6) is 0 Å². The van der Waals surface area contributed by atoms with Crippen LogP contribution in [0.4, 0.5) is 5.69 Å². The van der Waals surface area contributed by atoms with E-state index in [1.807, 2.05) is 30.5 Å². The highest BCUT2D eigenvalue weighted by Gasteiger charge is 2.25. The van der Waals surface area contributed by atoms with E-state index in [0.29, 0.717) is 27.5 Å². The summed E-state index contributed by atoms with van der Waals surface area (Å²) in [5.74, 6) is -0.00805. The second kappa shape index (κ2) is 7.18. The number of anilines is 1. The molecule has 0 aliphatic carbocycles. The Hall–Kier alpha value is -2.45. The van der Waals surface area contributed by atoms with Crippen molar-refractivity contribution in [2.24, 2.45) is 7.05 Å². The molecule has 2 aromatic heterocycles. The van der Waals surface area contributed by atoms with E-state index in [2.05, 4.69) is 4.98 Å². The highest BCUT2D eigenvalue weighted by atomic mass is 32.2. The third-order valence-electron chi connectivity index (χ3n) is 4.94. The van der Waals surface area contributed by atoms with Crippen LogP contribution in [0, 0.1) is 0 Å². The van der Waals surface area contributed by atoms with Gasteiger partial charge in [-0.05, 0) is 48.6 Å². The van der Waals surface area contributed by atoms with Crippen LogP contribution in [-0.4, -0.2) is 33.0 Å². The summed E-state index contributed by atoms with van der Waals surface area (Å²) in [7, 11) is 1.68. The molecule has 1 aromatic carbocycles. The minimum Gasteiger partial charge on any atom is -0.312 e. The van der Waals surface area contributed by atoms with Gasteiger partial charge in [0.25, 0.3) is 5.56 Å². The molecule has 8 heteroatoms. The first-order chi connectivity index (χ1) is 13.4. The number of hydrogen-bond acceptors (Lipinski definition) is 6. The molecule has 3 heterocycles. The summed E-state index contributed by atoms with van der Waals surface area (Å²) in [6.45, 7) is 4.03. The number of thioether (sulfide) groups is 1. The van der Waals surface area contributed by atoms with Gasteiger partial charge in [0.2, 0.25) is 5.91 Å². The van der Waals surface area contributed by atoms with Crippen molar-refractivity contribution in [1.82, 2.24) is 9.55 Å². The number of fused-ring (bicyclic) bond motifs is 2. The van der Waals surface area contributed by atoms with Crippen molar-refractivity contribution < 1.29 is 9.59 Å². The largest absolute Gasteiger partial charge is 0.312 e. The van der Waals surface area contributed by atoms with Crippen molar-refractivity contribution in [3.05, 3.63) is 51.1 Å². The molecule has 1 atom stereocenters. The highest BCUT2D eigenvalue weighted by Crippen LogP contribution is 2.31. The summed E-state index contributed by atoms with van der Waals surface area (Å²) >= 11 is 2.66. The Kier molecular flexibility index (Phi) is 4.84. The maximum absolute atomic E-state index is 13.0. The topological polar surface area (TPSA) is 72.3 Å². The molecule has 1 aliphatic rings. The summed E-state index contributed by atoms with van der Waals surface area (Å²) in [5, 5.41) is 1.98. The van der Waals surface area contributed by atoms with Crippen molar-refractivity contribution in [1.29, 1.82) is 0 Å². The molecular formula is C20H19N3O3S2. The van der Waals surface area contributed by atoms with Gasteiger partial charge in [-0.3, -0.25) is 19.0 Å². The van der Waals surface area contributed by atoms with Crippen molar-refractivity contribution in [3.63, 3.8) is 0 Å². The number of ketones is 1. The molecule has 0 spiro atoms. The average molecular weight is 414 g/mol. The minimum atomic E-state index is -0.391. The van der Waals surface area contributed by atoms with E-state index in [1.54, 1.807) is 24.9 Å². The molecule has 0 N–H and O–H groups in total. The molecule has 28 heavy (non-hydrogen) atoms. The van der Waals surface area contributed by atoms with Gasteiger partial charge in [0, 0.05) is 31.8 Å². The summed E-state index contributed by atoms with van der Waals surface area (Å²) in [4.78, 5) is 43.4.